The van der Waals surface area contributed by atoms with Crippen molar-refractivity contribution >= 4 is 5.97 Å². The first-order valence-electron chi connectivity index (χ1n) is 3.66. The maximum Gasteiger partial charge on any atom is 0.303 e. The first-order chi connectivity index (χ1) is 5.16. The summed E-state index contributed by atoms with van der Waals surface area (Å²) in [6.07, 6.45) is 6.62. The van der Waals surface area contributed by atoms with Crippen molar-refractivity contribution in [1.29, 1.82) is 0 Å². The fourth-order valence-electron chi connectivity index (χ4n) is 0.751. The van der Waals surface area contributed by atoms with Crippen molar-refractivity contribution in [2.45, 2.75) is 19.8 Å². The van der Waals surface area contributed by atoms with Gasteiger partial charge in [-0.2, -0.15) is 0 Å². The molecule has 0 radical (unpaired) electrons. The minimum absolute atomic E-state index is 0.118. The van der Waals surface area contributed by atoms with Crippen LogP contribution in [0.25, 0.3) is 0 Å². The highest BCUT2D eigenvalue weighted by molar-refractivity contribution is 5.67. The molecule has 0 saturated heterocycles. The molecule has 0 spiro atoms. The number of allylic oxidation sites excluding steroid dienone is 3. The molecular weight excluding hydrogens is 140 g/mol. The molecule has 11 heavy (non-hydrogen) atoms. The molecule has 1 unspecified atom stereocenters. The molecule has 0 rings (SSSR count). The smallest absolute Gasteiger partial charge is 0.303 e. The van der Waals surface area contributed by atoms with Gasteiger partial charge in [0.1, 0.15) is 0 Å². The Bertz CT molecular complexity index is 159. The van der Waals surface area contributed by atoms with Gasteiger partial charge < -0.3 is 5.11 Å². The number of hydrogen-bond acceptors (Lipinski definition) is 1. The molecule has 0 saturated carbocycles. The van der Waals surface area contributed by atoms with Crippen molar-refractivity contribution in [3.63, 3.8) is 0 Å². The Morgan fingerprint density at radius 1 is 1.73 bits per heavy atom. The van der Waals surface area contributed by atoms with Crippen LogP contribution in [0.4, 0.5) is 0 Å². The normalized spacial score (nSPS) is 13.2. The van der Waals surface area contributed by atoms with Crippen LogP contribution in [0.2, 0.25) is 0 Å². The number of carbonyl (C=O) groups is 1. The highest BCUT2D eigenvalue weighted by Crippen LogP contribution is 2.03. The van der Waals surface area contributed by atoms with Gasteiger partial charge in [0, 0.05) is 0 Å². The molecule has 0 aromatic carbocycles. The van der Waals surface area contributed by atoms with Crippen molar-refractivity contribution in [2.75, 3.05) is 0 Å². The summed E-state index contributed by atoms with van der Waals surface area (Å²) in [6, 6.07) is 0. The van der Waals surface area contributed by atoms with Gasteiger partial charge in [-0.3, -0.25) is 4.79 Å². The molecule has 0 bridgehead atoms. The summed E-state index contributed by atoms with van der Waals surface area (Å²) in [5.41, 5.74) is 0. The van der Waals surface area contributed by atoms with Crippen LogP contribution in [0, 0.1) is 5.92 Å². The summed E-state index contributed by atoms with van der Waals surface area (Å²) in [6.45, 7) is 5.43. The fourth-order valence-corrected chi connectivity index (χ4v) is 0.751. The molecule has 2 nitrogen and oxygen atoms in total. The molecular formula is C9H14O2. The van der Waals surface area contributed by atoms with Gasteiger partial charge in [0.05, 0.1) is 6.42 Å². The van der Waals surface area contributed by atoms with Crippen LogP contribution >= 0.6 is 0 Å². The molecule has 62 valence electrons. The quantitative estimate of drug-likeness (QED) is 0.616. The van der Waals surface area contributed by atoms with E-state index >= 15 is 0 Å². The van der Waals surface area contributed by atoms with Gasteiger partial charge in [0.15, 0.2) is 0 Å². The SMILES string of the molecule is C=CCC=CC(C)CC(=O)O. The van der Waals surface area contributed by atoms with Crippen molar-refractivity contribution in [1.82, 2.24) is 0 Å². The molecule has 0 aliphatic heterocycles. The van der Waals surface area contributed by atoms with E-state index in [9.17, 15) is 4.79 Å². The van der Waals surface area contributed by atoms with Crippen molar-refractivity contribution in [2.24, 2.45) is 5.92 Å². The number of carboxylic acids is 1. The van der Waals surface area contributed by atoms with Crippen LogP contribution in [0.3, 0.4) is 0 Å². The molecule has 0 aromatic rings. The zero-order valence-corrected chi connectivity index (χ0v) is 6.79. The van der Waals surface area contributed by atoms with Crippen LogP contribution < -0.4 is 0 Å². The predicted molar refractivity (Wildman–Crippen MR) is 45.4 cm³/mol. The van der Waals surface area contributed by atoms with Crippen LogP contribution in [-0.2, 0) is 4.79 Å². The topological polar surface area (TPSA) is 37.3 Å². The number of carboxylic acid groups (broad SMARTS) is 1. The van der Waals surface area contributed by atoms with Gasteiger partial charge in [-0.25, -0.2) is 0 Å². The van der Waals surface area contributed by atoms with E-state index in [4.69, 9.17) is 5.11 Å². The third kappa shape index (κ3) is 6.84. The van der Waals surface area contributed by atoms with E-state index < -0.39 is 5.97 Å². The summed E-state index contributed by atoms with van der Waals surface area (Å²) in [5.74, 6) is -0.631. The average molecular weight is 154 g/mol. The Morgan fingerprint density at radius 3 is 2.82 bits per heavy atom. The lowest BCUT2D eigenvalue weighted by atomic mass is 10.1. The molecule has 1 atom stereocenters. The Hall–Kier alpha value is -1.05. The summed E-state index contributed by atoms with van der Waals surface area (Å²) in [5, 5.41) is 8.39. The Morgan fingerprint density at radius 2 is 2.36 bits per heavy atom. The second kappa shape index (κ2) is 5.71. The van der Waals surface area contributed by atoms with Crippen LogP contribution in [0.5, 0.6) is 0 Å². The monoisotopic (exact) mass is 154 g/mol. The zero-order chi connectivity index (χ0) is 8.69. The zero-order valence-electron chi connectivity index (χ0n) is 6.79. The standard InChI is InChI=1S/C9H14O2/c1-3-4-5-6-8(2)7-9(10)11/h3,5-6,8H,1,4,7H2,2H3,(H,10,11). The molecule has 0 amide bonds. The van der Waals surface area contributed by atoms with Gasteiger partial charge in [-0.15, -0.1) is 6.58 Å². The first-order valence-corrected chi connectivity index (χ1v) is 3.66. The first kappa shape index (κ1) is 9.95. The molecule has 0 aliphatic carbocycles. The molecule has 0 heterocycles. The number of hydrogen-bond donors (Lipinski definition) is 1. The van der Waals surface area contributed by atoms with E-state index in [2.05, 4.69) is 6.58 Å². The Kier molecular flexibility index (Phi) is 5.17. The van der Waals surface area contributed by atoms with Crippen molar-refractivity contribution in [3.05, 3.63) is 24.8 Å². The number of rotatable bonds is 5. The molecule has 0 aromatic heterocycles. The maximum atomic E-state index is 10.2. The minimum Gasteiger partial charge on any atom is -0.481 e. The van der Waals surface area contributed by atoms with E-state index in [0.717, 1.165) is 6.42 Å². The Labute approximate surface area is 67.2 Å². The third-order valence-electron chi connectivity index (χ3n) is 1.26. The van der Waals surface area contributed by atoms with E-state index in [1.54, 1.807) is 6.08 Å². The minimum atomic E-state index is -0.749. The summed E-state index contributed by atoms with van der Waals surface area (Å²) in [4.78, 5) is 10.2. The third-order valence-corrected chi connectivity index (χ3v) is 1.26. The van der Waals surface area contributed by atoms with E-state index in [1.807, 2.05) is 19.1 Å². The van der Waals surface area contributed by atoms with Gasteiger partial charge in [-0.05, 0) is 12.3 Å². The van der Waals surface area contributed by atoms with Gasteiger partial charge >= 0.3 is 5.97 Å². The van der Waals surface area contributed by atoms with Gasteiger partial charge in [0.25, 0.3) is 0 Å². The highest BCUT2D eigenvalue weighted by Gasteiger charge is 2.01. The van der Waals surface area contributed by atoms with Crippen LogP contribution in [0.1, 0.15) is 19.8 Å². The van der Waals surface area contributed by atoms with Crippen LogP contribution in [-0.4, -0.2) is 11.1 Å². The lowest BCUT2D eigenvalue weighted by Gasteiger charge is -1.99. The largest absolute Gasteiger partial charge is 0.481 e. The van der Waals surface area contributed by atoms with Crippen LogP contribution in [0.15, 0.2) is 24.8 Å². The lowest BCUT2D eigenvalue weighted by Crippen LogP contribution is -2.00. The second-order valence-corrected chi connectivity index (χ2v) is 2.53. The van der Waals surface area contributed by atoms with E-state index in [-0.39, 0.29) is 12.3 Å². The maximum absolute atomic E-state index is 10.2. The van der Waals surface area contributed by atoms with Crippen molar-refractivity contribution in [3.8, 4) is 0 Å². The number of aliphatic carboxylic acids is 1. The van der Waals surface area contributed by atoms with E-state index in [1.165, 1.54) is 0 Å². The van der Waals surface area contributed by atoms with Gasteiger partial charge in [-0.1, -0.05) is 25.2 Å². The molecule has 2 heteroatoms. The summed E-state index contributed by atoms with van der Waals surface area (Å²) >= 11 is 0. The summed E-state index contributed by atoms with van der Waals surface area (Å²) in [7, 11) is 0. The Balaban J connectivity index is 3.58. The molecule has 0 aliphatic rings. The predicted octanol–water partition coefficient (Wildman–Crippen LogP) is 2.23. The van der Waals surface area contributed by atoms with Crippen molar-refractivity contribution < 1.29 is 9.90 Å². The highest BCUT2D eigenvalue weighted by atomic mass is 16.4. The second-order valence-electron chi connectivity index (χ2n) is 2.53. The fraction of sp³-hybridized carbons (Fsp3) is 0.444. The van der Waals surface area contributed by atoms with Gasteiger partial charge in [0.2, 0.25) is 0 Å². The lowest BCUT2D eigenvalue weighted by molar-refractivity contribution is -0.137. The molecule has 1 N–H and O–H groups in total. The molecule has 0 fully saturated rings. The van der Waals surface area contributed by atoms with E-state index in [0.29, 0.717) is 0 Å². The summed E-state index contributed by atoms with van der Waals surface area (Å²) < 4.78 is 0. The average Bonchev–Trinajstić information content (AvgIpc) is 1.86.